The highest BCUT2D eigenvalue weighted by Crippen LogP contribution is 2.36. The van der Waals surface area contributed by atoms with Gasteiger partial charge in [0.05, 0.1) is 22.5 Å². The number of alkyl halides is 3. The van der Waals surface area contributed by atoms with Crippen LogP contribution in [0.2, 0.25) is 5.02 Å². The Morgan fingerprint density at radius 2 is 2.05 bits per heavy atom. The van der Waals surface area contributed by atoms with Gasteiger partial charge in [0, 0.05) is 5.56 Å². The Hall–Kier alpha value is -2.02. The Morgan fingerprint density at radius 1 is 1.37 bits per heavy atom. The zero-order chi connectivity index (χ0) is 14.2. The van der Waals surface area contributed by atoms with Crippen LogP contribution in [0.25, 0.3) is 11.3 Å². The number of amides is 1. The fraction of sp³-hybridized carbons (Fsp3) is 0.0909. The second-order valence-corrected chi connectivity index (χ2v) is 4.11. The Bertz CT molecular complexity index is 636. The van der Waals surface area contributed by atoms with Crippen molar-refractivity contribution in [2.45, 2.75) is 6.18 Å². The summed E-state index contributed by atoms with van der Waals surface area (Å²) in [5.41, 5.74) is 4.49. The summed E-state index contributed by atoms with van der Waals surface area (Å²) in [6.45, 7) is 0. The standard InChI is InChI=1S/C11H7ClF3N3O/c12-7-2-1-5(3-6(7)11(13,14)15)8-4-17-10(18-8)9(16)19/h1-4H,(H2,16,19)(H,17,18). The van der Waals surface area contributed by atoms with Crippen LogP contribution in [0.15, 0.2) is 24.4 Å². The Kier molecular flexibility index (Phi) is 3.23. The number of primary amides is 1. The lowest BCUT2D eigenvalue weighted by Crippen LogP contribution is -2.12. The van der Waals surface area contributed by atoms with E-state index in [9.17, 15) is 18.0 Å². The first-order valence-corrected chi connectivity index (χ1v) is 5.39. The molecule has 0 fully saturated rings. The van der Waals surface area contributed by atoms with E-state index in [2.05, 4.69) is 9.97 Å². The van der Waals surface area contributed by atoms with Gasteiger partial charge < -0.3 is 10.7 Å². The summed E-state index contributed by atoms with van der Waals surface area (Å²) in [5, 5.41) is -0.397. The molecule has 1 aromatic carbocycles. The minimum absolute atomic E-state index is 0.126. The average Bonchev–Trinajstić information content (AvgIpc) is 2.77. The Morgan fingerprint density at radius 3 is 2.58 bits per heavy atom. The zero-order valence-corrected chi connectivity index (χ0v) is 10.0. The van der Waals surface area contributed by atoms with Crippen LogP contribution in [0.1, 0.15) is 16.2 Å². The molecule has 0 spiro atoms. The van der Waals surface area contributed by atoms with E-state index in [1.54, 1.807) is 0 Å². The van der Waals surface area contributed by atoms with E-state index in [1.165, 1.54) is 12.3 Å². The molecule has 0 atom stereocenters. The van der Waals surface area contributed by atoms with Crippen molar-refractivity contribution in [2.24, 2.45) is 5.73 Å². The van der Waals surface area contributed by atoms with Gasteiger partial charge in [0.25, 0.3) is 5.91 Å². The van der Waals surface area contributed by atoms with E-state index >= 15 is 0 Å². The molecule has 3 N–H and O–H groups in total. The molecule has 0 aliphatic rings. The molecule has 1 aromatic heterocycles. The van der Waals surface area contributed by atoms with Crippen LogP contribution in [0.5, 0.6) is 0 Å². The number of rotatable bonds is 2. The molecule has 1 heterocycles. The number of H-pyrrole nitrogens is 1. The summed E-state index contributed by atoms with van der Waals surface area (Å²) in [6.07, 6.45) is -3.33. The minimum Gasteiger partial charge on any atom is -0.363 e. The molecule has 0 aliphatic carbocycles. The molecule has 0 radical (unpaired) electrons. The first-order valence-electron chi connectivity index (χ1n) is 5.01. The van der Waals surface area contributed by atoms with Gasteiger partial charge in [0.2, 0.25) is 0 Å². The zero-order valence-electron chi connectivity index (χ0n) is 9.25. The second-order valence-electron chi connectivity index (χ2n) is 3.70. The molecule has 0 saturated carbocycles. The highest BCUT2D eigenvalue weighted by molar-refractivity contribution is 6.31. The van der Waals surface area contributed by atoms with Gasteiger partial charge in [-0.05, 0) is 12.1 Å². The van der Waals surface area contributed by atoms with Gasteiger partial charge in [-0.3, -0.25) is 4.79 Å². The number of hydrogen-bond acceptors (Lipinski definition) is 2. The first-order chi connectivity index (χ1) is 8.79. The molecule has 8 heteroatoms. The minimum atomic E-state index is -4.56. The largest absolute Gasteiger partial charge is 0.417 e. The fourth-order valence-corrected chi connectivity index (χ4v) is 1.73. The molecule has 0 unspecified atom stereocenters. The predicted molar refractivity (Wildman–Crippen MR) is 62.6 cm³/mol. The molecule has 4 nitrogen and oxygen atoms in total. The molecule has 1 amide bonds. The highest BCUT2D eigenvalue weighted by Gasteiger charge is 2.33. The summed E-state index contributed by atoms with van der Waals surface area (Å²) in [4.78, 5) is 17.0. The van der Waals surface area contributed by atoms with Gasteiger partial charge >= 0.3 is 6.18 Å². The van der Waals surface area contributed by atoms with E-state index in [4.69, 9.17) is 17.3 Å². The summed E-state index contributed by atoms with van der Waals surface area (Å²) < 4.78 is 38.1. The van der Waals surface area contributed by atoms with Gasteiger partial charge in [-0.15, -0.1) is 0 Å². The number of benzene rings is 1. The Labute approximate surface area is 110 Å². The number of aromatic nitrogens is 2. The topological polar surface area (TPSA) is 71.8 Å². The van der Waals surface area contributed by atoms with Gasteiger partial charge in [-0.1, -0.05) is 17.7 Å². The van der Waals surface area contributed by atoms with Crippen LogP contribution in [-0.4, -0.2) is 15.9 Å². The van der Waals surface area contributed by atoms with Crippen molar-refractivity contribution in [1.82, 2.24) is 9.97 Å². The first kappa shape index (κ1) is 13.4. The van der Waals surface area contributed by atoms with Crippen molar-refractivity contribution >= 4 is 17.5 Å². The average molecular weight is 290 g/mol. The third-order valence-electron chi connectivity index (χ3n) is 2.39. The van der Waals surface area contributed by atoms with Crippen molar-refractivity contribution in [3.63, 3.8) is 0 Å². The summed E-state index contributed by atoms with van der Waals surface area (Å²) in [5.74, 6) is -0.922. The number of carbonyl (C=O) groups excluding carboxylic acids is 1. The summed E-state index contributed by atoms with van der Waals surface area (Å²) >= 11 is 5.50. The number of halogens is 4. The number of nitrogens with one attached hydrogen (secondary N) is 1. The smallest absolute Gasteiger partial charge is 0.363 e. The van der Waals surface area contributed by atoms with Crippen molar-refractivity contribution in [2.75, 3.05) is 0 Å². The van der Waals surface area contributed by atoms with E-state index in [0.717, 1.165) is 12.1 Å². The molecular weight excluding hydrogens is 283 g/mol. The van der Waals surface area contributed by atoms with E-state index in [1.807, 2.05) is 0 Å². The maximum atomic E-state index is 12.7. The Balaban J connectivity index is 2.48. The molecular formula is C11H7ClF3N3O. The summed E-state index contributed by atoms with van der Waals surface area (Å²) in [7, 11) is 0. The highest BCUT2D eigenvalue weighted by atomic mass is 35.5. The third kappa shape index (κ3) is 2.70. The number of imidazole rings is 1. The van der Waals surface area contributed by atoms with Gasteiger partial charge in [-0.25, -0.2) is 4.98 Å². The molecule has 0 bridgehead atoms. The van der Waals surface area contributed by atoms with E-state index in [0.29, 0.717) is 0 Å². The number of aromatic amines is 1. The maximum Gasteiger partial charge on any atom is 0.417 e. The van der Waals surface area contributed by atoms with Crippen molar-refractivity contribution in [3.8, 4) is 11.3 Å². The molecule has 19 heavy (non-hydrogen) atoms. The lowest BCUT2D eigenvalue weighted by atomic mass is 10.1. The normalized spacial score (nSPS) is 11.6. The van der Waals surface area contributed by atoms with E-state index in [-0.39, 0.29) is 17.1 Å². The molecule has 0 saturated heterocycles. The van der Waals surface area contributed by atoms with Crippen molar-refractivity contribution < 1.29 is 18.0 Å². The molecule has 100 valence electrons. The second kappa shape index (κ2) is 4.58. The predicted octanol–water partition coefficient (Wildman–Crippen LogP) is 2.85. The number of carbonyl (C=O) groups is 1. The number of hydrogen-bond donors (Lipinski definition) is 2. The van der Waals surface area contributed by atoms with Crippen LogP contribution in [0, 0.1) is 0 Å². The van der Waals surface area contributed by atoms with Crippen LogP contribution >= 0.6 is 11.6 Å². The van der Waals surface area contributed by atoms with E-state index < -0.39 is 22.7 Å². The SMILES string of the molecule is NC(=O)c1ncc(-c2ccc(Cl)c(C(F)(F)F)c2)[nH]1. The van der Waals surface area contributed by atoms with Crippen LogP contribution < -0.4 is 5.73 Å². The van der Waals surface area contributed by atoms with Crippen molar-refractivity contribution in [3.05, 3.63) is 40.8 Å². The summed E-state index contributed by atoms with van der Waals surface area (Å²) in [6, 6.07) is 3.39. The lowest BCUT2D eigenvalue weighted by molar-refractivity contribution is -0.137. The van der Waals surface area contributed by atoms with Crippen LogP contribution in [0.4, 0.5) is 13.2 Å². The third-order valence-corrected chi connectivity index (χ3v) is 2.72. The van der Waals surface area contributed by atoms with Crippen LogP contribution in [-0.2, 0) is 6.18 Å². The van der Waals surface area contributed by atoms with Gasteiger partial charge in [0.15, 0.2) is 5.82 Å². The lowest BCUT2D eigenvalue weighted by Gasteiger charge is -2.10. The fourth-order valence-electron chi connectivity index (χ4n) is 1.50. The van der Waals surface area contributed by atoms with Crippen molar-refractivity contribution in [1.29, 1.82) is 0 Å². The van der Waals surface area contributed by atoms with Crippen LogP contribution in [0.3, 0.4) is 0 Å². The molecule has 2 aromatic rings. The van der Waals surface area contributed by atoms with Gasteiger partial charge in [-0.2, -0.15) is 13.2 Å². The molecule has 0 aliphatic heterocycles. The monoisotopic (exact) mass is 289 g/mol. The number of nitrogens with two attached hydrogens (primary N) is 1. The molecule has 2 rings (SSSR count). The quantitative estimate of drug-likeness (QED) is 0.892. The number of nitrogens with zero attached hydrogens (tertiary/aromatic N) is 1. The maximum absolute atomic E-state index is 12.7. The van der Waals surface area contributed by atoms with Gasteiger partial charge in [0.1, 0.15) is 0 Å².